The molecular weight excluding hydrogens is 408 g/mol. The molecule has 0 amide bonds. The van der Waals surface area contributed by atoms with Gasteiger partial charge in [0.2, 0.25) is 0 Å². The Labute approximate surface area is 188 Å². The number of aromatic nitrogens is 3. The molecule has 2 aliphatic rings. The highest BCUT2D eigenvalue weighted by Gasteiger charge is 2.26. The molecule has 162 valence electrons. The Kier molecular flexibility index (Phi) is 5.59. The van der Waals surface area contributed by atoms with Crippen LogP contribution in [0.5, 0.6) is 0 Å². The molecule has 0 radical (unpaired) electrons. The van der Waals surface area contributed by atoms with E-state index in [1.54, 1.807) is 6.20 Å². The van der Waals surface area contributed by atoms with E-state index < -0.39 is 0 Å². The lowest BCUT2D eigenvalue weighted by molar-refractivity contribution is 0.180. The summed E-state index contributed by atoms with van der Waals surface area (Å²) >= 11 is 6.57. The standard InChI is InChI=1S/C24H29ClN6/c1-17-7-11-30(14-10-26-17)18-8-12-31(13-9-18)23-15-19(20(25)16-27-23)24-28-21-5-3-4-6-22(21)29(24)2/h3-6,15-16,18,26H,1,7-14H2,2H3. The number of para-hydroxylation sites is 2. The molecule has 7 heteroatoms. The van der Waals surface area contributed by atoms with Gasteiger partial charge in [-0.1, -0.05) is 30.3 Å². The van der Waals surface area contributed by atoms with Gasteiger partial charge in [-0.25, -0.2) is 9.97 Å². The lowest BCUT2D eigenvalue weighted by Crippen LogP contribution is -2.46. The number of halogens is 1. The van der Waals surface area contributed by atoms with Crippen LogP contribution in [0.3, 0.4) is 0 Å². The van der Waals surface area contributed by atoms with Gasteiger partial charge >= 0.3 is 0 Å². The van der Waals surface area contributed by atoms with Crippen LogP contribution in [0, 0.1) is 0 Å². The van der Waals surface area contributed by atoms with Crippen LogP contribution >= 0.6 is 11.6 Å². The van der Waals surface area contributed by atoms with Gasteiger partial charge < -0.3 is 14.8 Å². The van der Waals surface area contributed by atoms with Crippen LogP contribution in [0.1, 0.15) is 19.3 Å². The maximum atomic E-state index is 6.57. The third-order valence-corrected chi connectivity index (χ3v) is 6.95. The quantitative estimate of drug-likeness (QED) is 0.670. The predicted octanol–water partition coefficient (Wildman–Crippen LogP) is 4.07. The second-order valence-corrected chi connectivity index (χ2v) is 8.95. The predicted molar refractivity (Wildman–Crippen MR) is 128 cm³/mol. The molecule has 0 spiro atoms. The van der Waals surface area contributed by atoms with Crippen LogP contribution in [0.2, 0.25) is 5.02 Å². The second-order valence-electron chi connectivity index (χ2n) is 8.54. The van der Waals surface area contributed by atoms with Crippen LogP contribution in [0.25, 0.3) is 22.4 Å². The highest BCUT2D eigenvalue weighted by atomic mass is 35.5. The lowest BCUT2D eigenvalue weighted by atomic mass is 10.0. The number of aryl methyl sites for hydroxylation is 1. The van der Waals surface area contributed by atoms with Gasteiger partial charge in [-0.15, -0.1) is 0 Å². The summed E-state index contributed by atoms with van der Waals surface area (Å²) in [5.41, 5.74) is 4.18. The van der Waals surface area contributed by atoms with Crippen LogP contribution < -0.4 is 10.2 Å². The molecule has 0 bridgehead atoms. The highest BCUT2D eigenvalue weighted by molar-refractivity contribution is 6.33. The first-order valence-electron chi connectivity index (χ1n) is 11.1. The van der Waals surface area contributed by atoms with Crippen molar-refractivity contribution in [2.45, 2.75) is 25.3 Å². The molecule has 2 fully saturated rings. The molecule has 31 heavy (non-hydrogen) atoms. The summed E-state index contributed by atoms with van der Waals surface area (Å²) < 4.78 is 2.10. The zero-order valence-corrected chi connectivity index (χ0v) is 18.8. The molecule has 2 aliphatic heterocycles. The molecule has 1 aromatic carbocycles. The molecule has 3 aromatic rings. The van der Waals surface area contributed by atoms with Crippen LogP contribution in [-0.2, 0) is 7.05 Å². The van der Waals surface area contributed by atoms with Crippen molar-refractivity contribution < 1.29 is 0 Å². The Balaban J connectivity index is 1.34. The number of pyridine rings is 1. The van der Waals surface area contributed by atoms with E-state index in [0.29, 0.717) is 11.1 Å². The Hall–Kier alpha value is -2.57. The molecule has 5 rings (SSSR count). The van der Waals surface area contributed by atoms with Gasteiger partial charge in [-0.3, -0.25) is 4.90 Å². The number of hydrogen-bond acceptors (Lipinski definition) is 5. The molecule has 0 unspecified atom stereocenters. The summed E-state index contributed by atoms with van der Waals surface area (Å²) in [6, 6.07) is 10.9. The SMILES string of the molecule is C=C1CCN(C2CCN(c3cc(-c4nc5ccccc5n4C)c(Cl)cn3)CC2)CCN1. The van der Waals surface area contributed by atoms with Crippen molar-refractivity contribution in [2.75, 3.05) is 37.6 Å². The monoisotopic (exact) mass is 436 g/mol. The van der Waals surface area contributed by atoms with E-state index in [4.69, 9.17) is 16.6 Å². The normalized spacial score (nSPS) is 18.9. The lowest BCUT2D eigenvalue weighted by Gasteiger charge is -2.38. The van der Waals surface area contributed by atoms with Crippen LogP contribution in [-0.4, -0.2) is 58.2 Å². The van der Waals surface area contributed by atoms with E-state index in [9.17, 15) is 0 Å². The topological polar surface area (TPSA) is 49.2 Å². The van der Waals surface area contributed by atoms with E-state index in [0.717, 1.165) is 80.2 Å². The molecule has 0 aliphatic carbocycles. The number of nitrogens with one attached hydrogen (secondary N) is 1. The number of anilines is 1. The minimum absolute atomic E-state index is 0.634. The number of imidazole rings is 1. The third-order valence-electron chi connectivity index (χ3n) is 6.65. The van der Waals surface area contributed by atoms with E-state index in [2.05, 4.69) is 43.4 Å². The average molecular weight is 437 g/mol. The number of hydrogen-bond donors (Lipinski definition) is 1. The Morgan fingerprint density at radius 2 is 1.94 bits per heavy atom. The van der Waals surface area contributed by atoms with Gasteiger partial charge in [-0.05, 0) is 37.5 Å². The molecule has 0 atom stereocenters. The average Bonchev–Trinajstić information content (AvgIpc) is 2.97. The first kappa shape index (κ1) is 20.3. The number of benzene rings is 1. The van der Waals surface area contributed by atoms with Gasteiger partial charge in [0.15, 0.2) is 0 Å². The summed E-state index contributed by atoms with van der Waals surface area (Å²) in [5.74, 6) is 1.86. The number of piperidine rings is 1. The van der Waals surface area contributed by atoms with Crippen LogP contribution in [0.15, 0.2) is 48.8 Å². The fourth-order valence-corrected chi connectivity index (χ4v) is 5.03. The number of nitrogens with zero attached hydrogens (tertiary/aromatic N) is 5. The van der Waals surface area contributed by atoms with Crippen molar-refractivity contribution in [3.63, 3.8) is 0 Å². The van der Waals surface area contributed by atoms with E-state index >= 15 is 0 Å². The van der Waals surface area contributed by atoms with Crippen LogP contribution in [0.4, 0.5) is 5.82 Å². The fraction of sp³-hybridized carbons (Fsp3) is 0.417. The zero-order valence-electron chi connectivity index (χ0n) is 18.0. The van der Waals surface area contributed by atoms with Gasteiger partial charge in [-0.2, -0.15) is 0 Å². The Morgan fingerprint density at radius 3 is 2.74 bits per heavy atom. The molecule has 1 N–H and O–H groups in total. The maximum absolute atomic E-state index is 6.57. The minimum atomic E-state index is 0.634. The largest absolute Gasteiger partial charge is 0.387 e. The Morgan fingerprint density at radius 1 is 1.13 bits per heavy atom. The molecule has 4 heterocycles. The third kappa shape index (κ3) is 4.02. The number of rotatable bonds is 3. The zero-order chi connectivity index (χ0) is 21.4. The molecular formula is C24H29ClN6. The summed E-state index contributed by atoms with van der Waals surface area (Å²) in [6.07, 6.45) is 5.11. The first-order valence-corrected chi connectivity index (χ1v) is 11.5. The molecule has 6 nitrogen and oxygen atoms in total. The maximum Gasteiger partial charge on any atom is 0.142 e. The Bertz CT molecular complexity index is 1100. The van der Waals surface area contributed by atoms with Gasteiger partial charge in [0, 0.05) is 63.3 Å². The summed E-state index contributed by atoms with van der Waals surface area (Å²) in [7, 11) is 2.04. The summed E-state index contributed by atoms with van der Waals surface area (Å²) in [6.45, 7) is 9.31. The first-order chi connectivity index (χ1) is 15.1. The smallest absolute Gasteiger partial charge is 0.142 e. The van der Waals surface area contributed by atoms with Crippen molar-refractivity contribution in [3.05, 3.63) is 53.8 Å². The number of fused-ring (bicyclic) bond motifs is 1. The fourth-order valence-electron chi connectivity index (χ4n) is 4.84. The molecule has 0 saturated carbocycles. The second kappa shape index (κ2) is 8.52. The minimum Gasteiger partial charge on any atom is -0.387 e. The van der Waals surface area contributed by atoms with Crippen molar-refractivity contribution in [2.24, 2.45) is 7.05 Å². The summed E-state index contributed by atoms with van der Waals surface area (Å²) in [5, 5.41) is 4.05. The highest BCUT2D eigenvalue weighted by Crippen LogP contribution is 2.32. The van der Waals surface area contributed by atoms with Gasteiger partial charge in [0.05, 0.1) is 16.1 Å². The van der Waals surface area contributed by atoms with Crippen molar-refractivity contribution >= 4 is 28.5 Å². The van der Waals surface area contributed by atoms with Gasteiger partial charge in [0.25, 0.3) is 0 Å². The van der Waals surface area contributed by atoms with E-state index in [1.807, 2.05) is 25.2 Å². The van der Waals surface area contributed by atoms with E-state index in [1.165, 1.54) is 5.70 Å². The summed E-state index contributed by atoms with van der Waals surface area (Å²) in [4.78, 5) is 14.5. The van der Waals surface area contributed by atoms with Crippen molar-refractivity contribution in [3.8, 4) is 11.4 Å². The molecule has 2 saturated heterocycles. The van der Waals surface area contributed by atoms with E-state index in [-0.39, 0.29) is 0 Å². The van der Waals surface area contributed by atoms with Crippen molar-refractivity contribution in [1.29, 1.82) is 0 Å². The van der Waals surface area contributed by atoms with Crippen molar-refractivity contribution in [1.82, 2.24) is 24.8 Å². The van der Waals surface area contributed by atoms with Gasteiger partial charge in [0.1, 0.15) is 11.6 Å². The molecule has 2 aromatic heterocycles.